The van der Waals surface area contributed by atoms with Gasteiger partial charge in [0.1, 0.15) is 5.54 Å². The molecule has 0 aromatic heterocycles. The quantitative estimate of drug-likeness (QED) is 0.620. The first-order valence-electron chi connectivity index (χ1n) is 4.68. The van der Waals surface area contributed by atoms with E-state index in [1.165, 1.54) is 0 Å². The number of carbonyl (C=O) groups is 1. The summed E-state index contributed by atoms with van der Waals surface area (Å²) in [5.41, 5.74) is 3.87. The fourth-order valence-electron chi connectivity index (χ4n) is 1.62. The summed E-state index contributed by atoms with van der Waals surface area (Å²) in [6.07, 6.45) is -3.36. The number of nitrogens with one attached hydrogen (secondary N) is 2. The van der Waals surface area contributed by atoms with E-state index in [1.807, 2.05) is 0 Å². The third kappa shape index (κ3) is 3.35. The molecule has 4 N–H and O–H groups in total. The molecule has 0 aliphatic carbocycles. The lowest BCUT2D eigenvalue weighted by molar-refractivity contribution is -0.137. The van der Waals surface area contributed by atoms with Crippen molar-refractivity contribution in [3.63, 3.8) is 0 Å². The Labute approximate surface area is 85.4 Å². The number of nitrogens with two attached hydrogens (primary N) is 1. The smallest absolute Gasteiger partial charge is 0.368 e. The largest absolute Gasteiger partial charge is 0.401 e. The van der Waals surface area contributed by atoms with Crippen LogP contribution in [0.15, 0.2) is 0 Å². The van der Waals surface area contributed by atoms with Gasteiger partial charge in [0.25, 0.3) is 0 Å². The Kier molecular flexibility index (Phi) is 3.56. The predicted molar refractivity (Wildman–Crippen MR) is 48.1 cm³/mol. The first-order chi connectivity index (χ1) is 6.86. The van der Waals surface area contributed by atoms with Crippen molar-refractivity contribution in [1.29, 1.82) is 0 Å². The van der Waals surface area contributed by atoms with Crippen LogP contribution in [0.25, 0.3) is 0 Å². The molecular weight excluding hydrogens is 211 g/mol. The highest BCUT2D eigenvalue weighted by Gasteiger charge is 2.40. The summed E-state index contributed by atoms with van der Waals surface area (Å²) in [6, 6.07) is 0. The van der Waals surface area contributed by atoms with Crippen LogP contribution in [0.5, 0.6) is 0 Å². The maximum absolute atomic E-state index is 12.0. The van der Waals surface area contributed by atoms with Gasteiger partial charge in [-0.1, -0.05) is 0 Å². The van der Waals surface area contributed by atoms with E-state index in [1.54, 1.807) is 0 Å². The highest BCUT2D eigenvalue weighted by Crippen LogP contribution is 2.19. The van der Waals surface area contributed by atoms with Crippen molar-refractivity contribution in [1.82, 2.24) is 10.6 Å². The summed E-state index contributed by atoms with van der Waals surface area (Å²) < 4.78 is 36.0. The van der Waals surface area contributed by atoms with E-state index in [0.29, 0.717) is 19.4 Å². The Morgan fingerprint density at radius 2 is 2.20 bits per heavy atom. The summed E-state index contributed by atoms with van der Waals surface area (Å²) in [7, 11) is 0. The zero-order chi connectivity index (χ0) is 11.5. The van der Waals surface area contributed by atoms with Crippen molar-refractivity contribution in [2.24, 2.45) is 5.73 Å². The summed E-state index contributed by atoms with van der Waals surface area (Å²) in [5, 5.41) is 5.08. The second-order valence-corrected chi connectivity index (χ2v) is 3.70. The molecule has 0 spiro atoms. The van der Waals surface area contributed by atoms with Gasteiger partial charge in [-0.15, -0.1) is 0 Å². The lowest BCUT2D eigenvalue weighted by Gasteiger charge is -2.35. The van der Waals surface area contributed by atoms with Gasteiger partial charge in [0.2, 0.25) is 5.91 Å². The minimum atomic E-state index is -4.33. The van der Waals surface area contributed by atoms with Crippen LogP contribution < -0.4 is 16.4 Å². The van der Waals surface area contributed by atoms with E-state index in [0.717, 1.165) is 0 Å². The third-order valence-corrected chi connectivity index (χ3v) is 2.48. The molecule has 4 nitrogen and oxygen atoms in total. The van der Waals surface area contributed by atoms with E-state index in [9.17, 15) is 18.0 Å². The number of amides is 1. The lowest BCUT2D eigenvalue weighted by atomic mass is 9.89. The molecule has 1 aliphatic heterocycles. The lowest BCUT2D eigenvalue weighted by Crippen LogP contribution is -2.64. The van der Waals surface area contributed by atoms with Crippen molar-refractivity contribution in [2.75, 3.05) is 19.6 Å². The first kappa shape index (κ1) is 12.3. The van der Waals surface area contributed by atoms with Gasteiger partial charge in [0.15, 0.2) is 0 Å². The molecule has 1 aliphatic rings. The minimum Gasteiger partial charge on any atom is -0.368 e. The molecule has 1 fully saturated rings. The molecular formula is C8H14F3N3O. The molecule has 88 valence electrons. The standard InChI is InChI=1S/C8H14F3N3O/c9-8(10,11)5-14-7(6(12)15)2-1-3-13-4-7/h13-14H,1-5H2,(H2,12,15). The normalized spacial score (nSPS) is 27.7. The Hall–Kier alpha value is -0.820. The van der Waals surface area contributed by atoms with Gasteiger partial charge >= 0.3 is 6.18 Å². The molecule has 1 heterocycles. The molecule has 0 radical (unpaired) electrons. The number of alkyl halides is 3. The highest BCUT2D eigenvalue weighted by atomic mass is 19.4. The molecule has 1 rings (SSSR count). The predicted octanol–water partition coefficient (Wildman–Crippen LogP) is -0.254. The van der Waals surface area contributed by atoms with E-state index in [-0.39, 0.29) is 6.54 Å². The van der Waals surface area contributed by atoms with Crippen molar-refractivity contribution in [3.8, 4) is 0 Å². The number of hydrogen-bond donors (Lipinski definition) is 3. The number of piperidine rings is 1. The van der Waals surface area contributed by atoms with Crippen LogP contribution in [0, 0.1) is 0 Å². The Morgan fingerprint density at radius 1 is 1.53 bits per heavy atom. The molecule has 1 atom stereocenters. The van der Waals surface area contributed by atoms with E-state index < -0.39 is 24.2 Å². The van der Waals surface area contributed by atoms with Gasteiger partial charge in [-0.05, 0) is 19.4 Å². The fraction of sp³-hybridized carbons (Fsp3) is 0.875. The van der Waals surface area contributed by atoms with Crippen LogP contribution in [-0.4, -0.2) is 37.3 Å². The number of carbonyl (C=O) groups excluding carboxylic acids is 1. The monoisotopic (exact) mass is 225 g/mol. The van der Waals surface area contributed by atoms with Gasteiger partial charge in [-0.2, -0.15) is 13.2 Å². The molecule has 0 bridgehead atoms. The van der Waals surface area contributed by atoms with Crippen molar-refractivity contribution in [3.05, 3.63) is 0 Å². The Bertz CT molecular complexity index is 236. The van der Waals surface area contributed by atoms with Crippen LogP contribution in [0.2, 0.25) is 0 Å². The van der Waals surface area contributed by atoms with Gasteiger partial charge < -0.3 is 11.1 Å². The van der Waals surface area contributed by atoms with Crippen molar-refractivity contribution < 1.29 is 18.0 Å². The van der Waals surface area contributed by atoms with Crippen LogP contribution >= 0.6 is 0 Å². The third-order valence-electron chi connectivity index (χ3n) is 2.48. The average molecular weight is 225 g/mol. The molecule has 1 amide bonds. The summed E-state index contributed by atoms with van der Waals surface area (Å²) >= 11 is 0. The Morgan fingerprint density at radius 3 is 2.60 bits per heavy atom. The molecule has 0 aromatic rings. The Balaban J connectivity index is 2.61. The average Bonchev–Trinajstić information content (AvgIpc) is 2.15. The maximum Gasteiger partial charge on any atom is 0.401 e. The number of halogens is 3. The van der Waals surface area contributed by atoms with Gasteiger partial charge in [-0.3, -0.25) is 10.1 Å². The zero-order valence-corrected chi connectivity index (χ0v) is 8.16. The molecule has 1 unspecified atom stereocenters. The first-order valence-corrected chi connectivity index (χ1v) is 4.68. The molecule has 15 heavy (non-hydrogen) atoms. The zero-order valence-electron chi connectivity index (χ0n) is 8.16. The van der Waals surface area contributed by atoms with Crippen LogP contribution in [-0.2, 0) is 4.79 Å². The van der Waals surface area contributed by atoms with Crippen LogP contribution in [0.3, 0.4) is 0 Å². The van der Waals surface area contributed by atoms with Crippen molar-refractivity contribution in [2.45, 2.75) is 24.6 Å². The summed E-state index contributed by atoms with van der Waals surface area (Å²) in [6.45, 7) is -0.348. The van der Waals surface area contributed by atoms with E-state index in [2.05, 4.69) is 10.6 Å². The second-order valence-electron chi connectivity index (χ2n) is 3.70. The van der Waals surface area contributed by atoms with Gasteiger partial charge in [-0.25, -0.2) is 0 Å². The van der Waals surface area contributed by atoms with Gasteiger partial charge in [0, 0.05) is 6.54 Å². The SMILES string of the molecule is NC(=O)C1(NCC(F)(F)F)CCCNC1. The molecule has 0 saturated carbocycles. The summed E-state index contributed by atoms with van der Waals surface area (Å²) in [4.78, 5) is 11.1. The van der Waals surface area contributed by atoms with Crippen molar-refractivity contribution >= 4 is 5.91 Å². The maximum atomic E-state index is 12.0. The molecule has 1 saturated heterocycles. The minimum absolute atomic E-state index is 0.151. The van der Waals surface area contributed by atoms with E-state index >= 15 is 0 Å². The highest BCUT2D eigenvalue weighted by molar-refractivity contribution is 5.85. The summed E-state index contributed by atoms with van der Waals surface area (Å²) in [5.74, 6) is -0.737. The number of hydrogen-bond acceptors (Lipinski definition) is 3. The second kappa shape index (κ2) is 4.36. The van der Waals surface area contributed by atoms with Crippen LogP contribution in [0.4, 0.5) is 13.2 Å². The molecule has 0 aromatic carbocycles. The molecule has 7 heteroatoms. The van der Waals surface area contributed by atoms with E-state index in [4.69, 9.17) is 5.73 Å². The van der Waals surface area contributed by atoms with Crippen LogP contribution in [0.1, 0.15) is 12.8 Å². The fourth-order valence-corrected chi connectivity index (χ4v) is 1.62. The number of primary amides is 1. The topological polar surface area (TPSA) is 67.2 Å². The number of rotatable bonds is 3. The van der Waals surface area contributed by atoms with Gasteiger partial charge in [0.05, 0.1) is 6.54 Å².